The number of ether oxygens (including phenoxy) is 2. The van der Waals surface area contributed by atoms with Gasteiger partial charge in [-0.1, -0.05) is 11.6 Å². The lowest BCUT2D eigenvalue weighted by atomic mass is 9.93. The summed E-state index contributed by atoms with van der Waals surface area (Å²) in [5, 5.41) is 0.503. The monoisotopic (exact) mass is 382 g/mol. The van der Waals surface area contributed by atoms with Crippen LogP contribution in [0.3, 0.4) is 0 Å². The molecule has 0 radical (unpaired) electrons. The van der Waals surface area contributed by atoms with Gasteiger partial charge in [0.1, 0.15) is 10.8 Å². The van der Waals surface area contributed by atoms with Crippen molar-refractivity contribution >= 4 is 34.2 Å². The van der Waals surface area contributed by atoms with Crippen LogP contribution >= 0.6 is 34.2 Å². The smallest absolute Gasteiger partial charge is 0.162 e. The topological polar surface area (TPSA) is 44.2 Å². The van der Waals surface area contributed by atoms with Gasteiger partial charge in [-0.25, -0.2) is 9.97 Å². The van der Waals surface area contributed by atoms with Gasteiger partial charge in [-0.2, -0.15) is 0 Å². The molecule has 0 spiro atoms. The molecule has 1 aromatic heterocycles. The quantitative estimate of drug-likeness (QED) is 0.595. The minimum Gasteiger partial charge on any atom is -0.381 e. The Labute approximate surface area is 126 Å². The Bertz CT molecular complexity index is 408. The molecule has 0 amide bonds. The molecule has 1 aliphatic heterocycles. The van der Waals surface area contributed by atoms with Gasteiger partial charge < -0.3 is 9.47 Å². The van der Waals surface area contributed by atoms with E-state index in [2.05, 4.69) is 32.6 Å². The van der Waals surface area contributed by atoms with Crippen molar-refractivity contribution < 1.29 is 9.47 Å². The minimum absolute atomic E-state index is 0.439. The van der Waals surface area contributed by atoms with E-state index in [1.165, 1.54) is 0 Å². The summed E-state index contributed by atoms with van der Waals surface area (Å²) in [5.74, 6) is 0.690. The van der Waals surface area contributed by atoms with Crippen molar-refractivity contribution in [2.24, 2.45) is 0 Å². The molecule has 100 valence electrons. The maximum atomic E-state index is 6.16. The molecule has 0 aromatic carbocycles. The number of halogens is 2. The molecular weight excluding hydrogens is 367 g/mol. The van der Waals surface area contributed by atoms with Gasteiger partial charge in [0, 0.05) is 32.7 Å². The summed E-state index contributed by atoms with van der Waals surface area (Å²) >= 11 is 8.32. The van der Waals surface area contributed by atoms with E-state index in [0.717, 1.165) is 22.1 Å². The fourth-order valence-electron chi connectivity index (χ4n) is 2.14. The predicted octanol–water partition coefficient (Wildman–Crippen LogP) is 3.09. The summed E-state index contributed by atoms with van der Waals surface area (Å²) in [6.45, 7) is 5.90. The summed E-state index contributed by atoms with van der Waals surface area (Å²) in [5.41, 5.74) is 0.460. The Hall–Kier alpha value is 0.0200. The van der Waals surface area contributed by atoms with E-state index in [1.807, 2.05) is 13.8 Å². The molecule has 0 atom stereocenters. The second-order valence-corrected chi connectivity index (χ2v) is 5.71. The Kier molecular flexibility index (Phi) is 4.80. The Morgan fingerprint density at radius 3 is 2.61 bits per heavy atom. The zero-order valence-electron chi connectivity index (χ0n) is 10.5. The van der Waals surface area contributed by atoms with Crippen molar-refractivity contribution in [1.29, 1.82) is 0 Å². The molecule has 0 aliphatic carbocycles. The molecule has 1 saturated heterocycles. The average Bonchev–Trinajstić information content (AvgIpc) is 2.37. The van der Waals surface area contributed by atoms with E-state index in [-0.39, 0.29) is 0 Å². The normalized spacial score (nSPS) is 18.9. The number of hydrogen-bond acceptors (Lipinski definition) is 4. The lowest BCUT2D eigenvalue weighted by Gasteiger charge is -2.35. The second-order valence-electron chi connectivity index (χ2n) is 4.28. The molecule has 1 aromatic rings. The lowest BCUT2D eigenvalue weighted by Crippen LogP contribution is -2.38. The van der Waals surface area contributed by atoms with Crippen LogP contribution in [0.5, 0.6) is 0 Å². The first kappa shape index (κ1) is 14.4. The van der Waals surface area contributed by atoms with E-state index < -0.39 is 5.60 Å². The van der Waals surface area contributed by atoms with Crippen LogP contribution in [0.2, 0.25) is 5.15 Å². The highest BCUT2D eigenvalue weighted by Crippen LogP contribution is 2.35. The van der Waals surface area contributed by atoms with E-state index in [9.17, 15) is 0 Å². The van der Waals surface area contributed by atoms with Crippen molar-refractivity contribution in [1.82, 2.24) is 9.97 Å². The second kappa shape index (κ2) is 5.98. The van der Waals surface area contributed by atoms with E-state index >= 15 is 0 Å². The summed E-state index contributed by atoms with van der Waals surface area (Å²) < 4.78 is 12.2. The Morgan fingerprint density at radius 1 is 1.39 bits per heavy atom. The van der Waals surface area contributed by atoms with Gasteiger partial charge in [-0.05, 0) is 36.4 Å². The third-order valence-electron chi connectivity index (χ3n) is 3.11. The van der Waals surface area contributed by atoms with E-state index in [4.69, 9.17) is 21.1 Å². The molecule has 0 bridgehead atoms. The molecule has 0 saturated carbocycles. The number of nitrogens with zero attached hydrogens (tertiary/aromatic N) is 2. The predicted molar refractivity (Wildman–Crippen MR) is 77.9 cm³/mol. The first-order valence-electron chi connectivity index (χ1n) is 6.01. The molecule has 1 aliphatic rings. The van der Waals surface area contributed by atoms with Crippen LogP contribution in [0.1, 0.15) is 31.3 Å². The summed E-state index contributed by atoms with van der Waals surface area (Å²) in [6.07, 6.45) is 1.55. The Morgan fingerprint density at radius 2 is 2.06 bits per heavy atom. The standard InChI is InChI=1S/C12H16ClIN2O2/c1-3-18-12(4-6-17-7-5-12)11-15-8(2)9(14)10(13)16-11/h3-7H2,1-2H3. The fourth-order valence-corrected chi connectivity index (χ4v) is 2.60. The van der Waals surface area contributed by atoms with Gasteiger partial charge in [0.2, 0.25) is 0 Å². The highest BCUT2D eigenvalue weighted by molar-refractivity contribution is 14.1. The molecule has 2 heterocycles. The number of aryl methyl sites for hydroxylation is 1. The molecular formula is C12H16ClIN2O2. The lowest BCUT2D eigenvalue weighted by molar-refractivity contribution is -0.117. The van der Waals surface area contributed by atoms with Gasteiger partial charge in [0.05, 0.1) is 9.26 Å². The molecule has 6 heteroatoms. The van der Waals surface area contributed by atoms with Crippen LogP contribution < -0.4 is 0 Å². The van der Waals surface area contributed by atoms with Gasteiger partial charge in [-0.15, -0.1) is 0 Å². The molecule has 2 rings (SSSR count). The van der Waals surface area contributed by atoms with E-state index in [0.29, 0.717) is 30.8 Å². The van der Waals surface area contributed by atoms with Gasteiger partial charge in [0.25, 0.3) is 0 Å². The van der Waals surface area contributed by atoms with Gasteiger partial charge in [-0.3, -0.25) is 0 Å². The van der Waals surface area contributed by atoms with Crippen LogP contribution in [0.25, 0.3) is 0 Å². The zero-order valence-corrected chi connectivity index (χ0v) is 13.4. The van der Waals surface area contributed by atoms with Crippen LogP contribution in [0.15, 0.2) is 0 Å². The number of aromatic nitrogens is 2. The fraction of sp³-hybridized carbons (Fsp3) is 0.667. The number of rotatable bonds is 3. The van der Waals surface area contributed by atoms with Crippen molar-refractivity contribution in [3.05, 3.63) is 20.2 Å². The SMILES string of the molecule is CCOC1(c2nc(C)c(I)c(Cl)n2)CCOCC1. The molecule has 18 heavy (non-hydrogen) atoms. The van der Waals surface area contributed by atoms with Crippen LogP contribution in [-0.2, 0) is 15.1 Å². The maximum absolute atomic E-state index is 6.16. The number of hydrogen-bond donors (Lipinski definition) is 0. The molecule has 4 nitrogen and oxygen atoms in total. The van der Waals surface area contributed by atoms with Crippen molar-refractivity contribution in [2.75, 3.05) is 19.8 Å². The van der Waals surface area contributed by atoms with Gasteiger partial charge >= 0.3 is 0 Å². The molecule has 0 N–H and O–H groups in total. The maximum Gasteiger partial charge on any atom is 0.162 e. The third kappa shape index (κ3) is 2.79. The van der Waals surface area contributed by atoms with Crippen molar-refractivity contribution in [3.8, 4) is 0 Å². The zero-order chi connectivity index (χ0) is 13.2. The molecule has 0 unspecified atom stereocenters. The first-order valence-corrected chi connectivity index (χ1v) is 7.46. The summed E-state index contributed by atoms with van der Waals surface area (Å²) in [4.78, 5) is 8.98. The summed E-state index contributed by atoms with van der Waals surface area (Å²) in [7, 11) is 0. The highest BCUT2D eigenvalue weighted by Gasteiger charge is 2.38. The first-order chi connectivity index (χ1) is 8.59. The molecule has 1 fully saturated rings. The van der Waals surface area contributed by atoms with Crippen LogP contribution in [0.4, 0.5) is 0 Å². The Balaban J connectivity index is 2.42. The minimum atomic E-state index is -0.439. The third-order valence-corrected chi connectivity index (χ3v) is 4.99. The van der Waals surface area contributed by atoms with Crippen LogP contribution in [-0.4, -0.2) is 29.8 Å². The average molecular weight is 383 g/mol. The largest absolute Gasteiger partial charge is 0.381 e. The summed E-state index contributed by atoms with van der Waals surface area (Å²) in [6, 6.07) is 0. The van der Waals surface area contributed by atoms with E-state index in [1.54, 1.807) is 0 Å². The van der Waals surface area contributed by atoms with Crippen LogP contribution in [0, 0.1) is 10.5 Å². The van der Waals surface area contributed by atoms with Gasteiger partial charge in [0.15, 0.2) is 5.82 Å². The highest BCUT2D eigenvalue weighted by atomic mass is 127. The van der Waals surface area contributed by atoms with Crippen molar-refractivity contribution in [2.45, 2.75) is 32.3 Å². The van der Waals surface area contributed by atoms with Crippen molar-refractivity contribution in [3.63, 3.8) is 0 Å².